The van der Waals surface area contributed by atoms with Gasteiger partial charge in [0.2, 0.25) is 11.2 Å². The van der Waals surface area contributed by atoms with Gasteiger partial charge in [-0.25, -0.2) is 0 Å². The van der Waals surface area contributed by atoms with Crippen molar-refractivity contribution in [2.45, 2.75) is 26.4 Å². The van der Waals surface area contributed by atoms with Gasteiger partial charge in [-0.15, -0.1) is 0 Å². The molecule has 0 aliphatic carbocycles. The molecule has 1 heterocycles. The van der Waals surface area contributed by atoms with Gasteiger partial charge in [0.1, 0.15) is 23.1 Å². The number of ketones is 1. The Morgan fingerprint density at radius 3 is 2.41 bits per heavy atom. The second-order valence-electron chi connectivity index (χ2n) is 7.04. The first kappa shape index (κ1) is 18.2. The number of nitrogens with zero attached hydrogens (tertiary/aromatic N) is 1. The quantitative estimate of drug-likeness (QED) is 0.713. The number of para-hydroxylation sites is 1. The molecule has 0 saturated heterocycles. The Morgan fingerprint density at radius 2 is 1.81 bits per heavy atom. The molecule has 0 fully saturated rings. The highest BCUT2D eigenvalue weighted by molar-refractivity contribution is 6.15. The van der Waals surface area contributed by atoms with E-state index in [1.54, 1.807) is 42.5 Å². The van der Waals surface area contributed by atoms with Crippen molar-refractivity contribution in [1.29, 1.82) is 5.26 Å². The van der Waals surface area contributed by atoms with Gasteiger partial charge in [0.25, 0.3) is 0 Å². The van der Waals surface area contributed by atoms with E-state index in [0.717, 1.165) is 0 Å². The van der Waals surface area contributed by atoms with Gasteiger partial charge in [-0.05, 0) is 57.2 Å². The summed E-state index contributed by atoms with van der Waals surface area (Å²) in [6, 6.07) is 13.1. The Kier molecular flexibility index (Phi) is 4.46. The molecule has 136 valence electrons. The summed E-state index contributed by atoms with van der Waals surface area (Å²) in [4.78, 5) is 25.3. The Bertz CT molecular complexity index is 1130. The molecule has 27 heavy (non-hydrogen) atoms. The van der Waals surface area contributed by atoms with Crippen molar-refractivity contribution >= 4 is 22.4 Å². The van der Waals surface area contributed by atoms with E-state index < -0.39 is 5.43 Å². The van der Waals surface area contributed by atoms with Crippen LogP contribution in [0.15, 0.2) is 51.7 Å². The van der Waals surface area contributed by atoms with E-state index in [4.69, 9.17) is 20.1 Å². The van der Waals surface area contributed by atoms with Crippen molar-refractivity contribution in [2.24, 2.45) is 0 Å². The lowest BCUT2D eigenvalue weighted by Gasteiger charge is -2.21. The molecule has 3 rings (SSSR count). The van der Waals surface area contributed by atoms with E-state index in [-0.39, 0.29) is 39.4 Å². The van der Waals surface area contributed by atoms with E-state index in [2.05, 4.69) is 0 Å². The van der Waals surface area contributed by atoms with Gasteiger partial charge in [-0.3, -0.25) is 9.59 Å². The maximum absolute atomic E-state index is 12.9. The lowest BCUT2D eigenvalue weighted by atomic mass is 10.0. The number of nitrogens with two attached hydrogens (primary N) is 1. The van der Waals surface area contributed by atoms with E-state index >= 15 is 0 Å². The molecular formula is C21H18N2O4. The molecule has 3 aromatic rings. The van der Waals surface area contributed by atoms with E-state index in [1.165, 1.54) is 6.07 Å². The smallest absolute Gasteiger partial charge is 0.230 e. The van der Waals surface area contributed by atoms with Crippen LogP contribution in [0, 0.1) is 11.3 Å². The molecule has 2 N–H and O–H groups in total. The SMILES string of the molecule is CC(C)(C)Oc1ccc(C(=O)c2cccc3c(=O)c(N)c(C#N)oc23)cc1. The van der Waals surface area contributed by atoms with Gasteiger partial charge >= 0.3 is 0 Å². The number of carbonyl (C=O) groups excluding carboxylic acids is 1. The minimum Gasteiger partial charge on any atom is -0.488 e. The van der Waals surface area contributed by atoms with Crippen molar-refractivity contribution in [2.75, 3.05) is 5.73 Å². The van der Waals surface area contributed by atoms with Crippen molar-refractivity contribution < 1.29 is 13.9 Å². The minimum atomic E-state index is -0.531. The average Bonchev–Trinajstić information content (AvgIpc) is 2.63. The average molecular weight is 362 g/mol. The summed E-state index contributed by atoms with van der Waals surface area (Å²) in [5.41, 5.74) is 5.13. The topological polar surface area (TPSA) is 106 Å². The zero-order chi connectivity index (χ0) is 19.8. The van der Waals surface area contributed by atoms with Crippen molar-refractivity contribution in [3.63, 3.8) is 0 Å². The summed E-state index contributed by atoms with van der Waals surface area (Å²) in [6.07, 6.45) is 0. The van der Waals surface area contributed by atoms with Gasteiger partial charge < -0.3 is 14.9 Å². The van der Waals surface area contributed by atoms with Crippen LogP contribution >= 0.6 is 0 Å². The third kappa shape index (κ3) is 3.53. The van der Waals surface area contributed by atoms with E-state index in [9.17, 15) is 9.59 Å². The van der Waals surface area contributed by atoms with Gasteiger partial charge in [0.15, 0.2) is 11.4 Å². The summed E-state index contributed by atoms with van der Waals surface area (Å²) in [5.74, 6) is 0.00411. The molecule has 2 aromatic carbocycles. The Morgan fingerprint density at radius 1 is 1.15 bits per heavy atom. The first-order valence-corrected chi connectivity index (χ1v) is 8.30. The molecule has 0 amide bonds. The van der Waals surface area contributed by atoms with Gasteiger partial charge in [0.05, 0.1) is 10.9 Å². The second-order valence-corrected chi connectivity index (χ2v) is 7.04. The summed E-state index contributed by atoms with van der Waals surface area (Å²) >= 11 is 0. The van der Waals surface area contributed by atoms with Crippen molar-refractivity contribution in [3.8, 4) is 11.8 Å². The summed E-state index contributed by atoms with van der Waals surface area (Å²) in [5, 5.41) is 9.27. The first-order chi connectivity index (χ1) is 12.7. The summed E-state index contributed by atoms with van der Waals surface area (Å²) in [7, 11) is 0. The van der Waals surface area contributed by atoms with Gasteiger partial charge in [0, 0.05) is 5.56 Å². The van der Waals surface area contributed by atoms with E-state index in [0.29, 0.717) is 11.3 Å². The Hall–Kier alpha value is -3.59. The molecule has 0 aliphatic rings. The van der Waals surface area contributed by atoms with Crippen LogP contribution in [-0.4, -0.2) is 11.4 Å². The molecular weight excluding hydrogens is 344 g/mol. The van der Waals surface area contributed by atoms with Gasteiger partial charge in [-0.2, -0.15) is 5.26 Å². The number of carbonyl (C=O) groups is 1. The second kappa shape index (κ2) is 6.61. The number of hydrogen-bond donors (Lipinski definition) is 1. The molecule has 0 spiro atoms. The standard InChI is InChI=1S/C21H18N2O4/c1-21(2,3)27-13-9-7-12(8-10-13)18(24)14-5-4-6-15-19(25)17(23)16(11-22)26-20(14)15/h4-10H,23H2,1-3H3. The number of ether oxygens (including phenoxy) is 1. The Labute approximate surface area is 155 Å². The zero-order valence-corrected chi connectivity index (χ0v) is 15.2. The Balaban J connectivity index is 2.08. The van der Waals surface area contributed by atoms with Gasteiger partial charge in [-0.1, -0.05) is 6.07 Å². The highest BCUT2D eigenvalue weighted by Crippen LogP contribution is 2.24. The lowest BCUT2D eigenvalue weighted by molar-refractivity contribution is 0.103. The maximum Gasteiger partial charge on any atom is 0.230 e. The molecule has 0 bridgehead atoms. The fourth-order valence-corrected chi connectivity index (χ4v) is 2.68. The molecule has 0 saturated carbocycles. The summed E-state index contributed by atoms with van der Waals surface area (Å²) < 4.78 is 11.2. The lowest BCUT2D eigenvalue weighted by Crippen LogP contribution is -2.22. The minimum absolute atomic E-state index is 0.0493. The normalized spacial score (nSPS) is 11.2. The van der Waals surface area contributed by atoms with Crippen LogP contribution in [0.3, 0.4) is 0 Å². The van der Waals surface area contributed by atoms with Crippen LogP contribution < -0.4 is 15.9 Å². The van der Waals surface area contributed by atoms with Crippen LogP contribution in [0.25, 0.3) is 11.0 Å². The fraction of sp³-hybridized carbons (Fsp3) is 0.190. The molecule has 0 unspecified atom stereocenters. The largest absolute Gasteiger partial charge is 0.488 e. The number of benzene rings is 2. The fourth-order valence-electron chi connectivity index (χ4n) is 2.68. The number of hydrogen-bond acceptors (Lipinski definition) is 6. The first-order valence-electron chi connectivity index (χ1n) is 8.30. The number of rotatable bonds is 3. The predicted molar refractivity (Wildman–Crippen MR) is 102 cm³/mol. The van der Waals surface area contributed by atoms with Crippen LogP contribution in [0.4, 0.5) is 5.69 Å². The number of anilines is 1. The van der Waals surface area contributed by atoms with E-state index in [1.807, 2.05) is 20.8 Å². The van der Waals surface area contributed by atoms with Crippen molar-refractivity contribution in [3.05, 3.63) is 69.6 Å². The number of fused-ring (bicyclic) bond motifs is 1. The monoisotopic (exact) mass is 362 g/mol. The third-order valence-electron chi connectivity index (χ3n) is 3.84. The highest BCUT2D eigenvalue weighted by Gasteiger charge is 2.19. The molecule has 0 radical (unpaired) electrons. The third-order valence-corrected chi connectivity index (χ3v) is 3.84. The summed E-state index contributed by atoms with van der Waals surface area (Å²) in [6.45, 7) is 5.80. The molecule has 6 heteroatoms. The molecule has 0 atom stereocenters. The van der Waals surface area contributed by atoms with Crippen LogP contribution in [0.2, 0.25) is 0 Å². The van der Waals surface area contributed by atoms with Crippen LogP contribution in [0.1, 0.15) is 42.5 Å². The zero-order valence-electron chi connectivity index (χ0n) is 15.2. The predicted octanol–water partition coefficient (Wildman–Crippen LogP) is 3.66. The van der Waals surface area contributed by atoms with Crippen LogP contribution in [0.5, 0.6) is 5.75 Å². The molecule has 0 aliphatic heterocycles. The van der Waals surface area contributed by atoms with Crippen molar-refractivity contribution in [1.82, 2.24) is 0 Å². The maximum atomic E-state index is 12.9. The van der Waals surface area contributed by atoms with Crippen LogP contribution in [-0.2, 0) is 0 Å². The molecule has 6 nitrogen and oxygen atoms in total. The molecule has 1 aromatic heterocycles. The number of nitrogen functional groups attached to an aromatic ring is 1. The highest BCUT2D eigenvalue weighted by atomic mass is 16.5. The number of nitriles is 1.